The van der Waals surface area contributed by atoms with Gasteiger partial charge in [-0.15, -0.1) is 0 Å². The van der Waals surface area contributed by atoms with Crippen molar-refractivity contribution in [3.63, 3.8) is 0 Å². The number of nitrogens with zero attached hydrogens (tertiary/aromatic N) is 2. The van der Waals surface area contributed by atoms with E-state index in [9.17, 15) is 4.79 Å². The molecule has 0 aromatic heterocycles. The maximum absolute atomic E-state index is 12.9. The van der Waals surface area contributed by atoms with Gasteiger partial charge in [-0.25, -0.2) is 0 Å². The number of amides is 1. The fourth-order valence-corrected chi connectivity index (χ4v) is 3.22. The lowest BCUT2D eigenvalue weighted by Crippen LogP contribution is -2.21. The molecule has 0 bridgehead atoms. The maximum Gasteiger partial charge on any atom is 0.280 e. The van der Waals surface area contributed by atoms with Gasteiger partial charge < -0.3 is 9.47 Å². The summed E-state index contributed by atoms with van der Waals surface area (Å²) in [5.74, 6) is 1.16. The van der Waals surface area contributed by atoms with Crippen molar-refractivity contribution in [3.05, 3.63) is 58.1 Å². The van der Waals surface area contributed by atoms with Crippen LogP contribution >= 0.6 is 15.9 Å². The van der Waals surface area contributed by atoms with Crippen molar-refractivity contribution in [2.24, 2.45) is 5.10 Å². The van der Waals surface area contributed by atoms with Gasteiger partial charge >= 0.3 is 0 Å². The van der Waals surface area contributed by atoms with Crippen LogP contribution in [0.4, 0.5) is 5.69 Å². The lowest BCUT2D eigenvalue weighted by atomic mass is 10.1. The van der Waals surface area contributed by atoms with Crippen molar-refractivity contribution in [3.8, 4) is 11.5 Å². The number of benzene rings is 2. The summed E-state index contributed by atoms with van der Waals surface area (Å²) >= 11 is 3.56. The number of hydrazone groups is 1. The number of carbonyl (C=O) groups is 1. The molecule has 0 N–H and O–H groups in total. The topological polar surface area (TPSA) is 51.1 Å². The first-order valence-corrected chi connectivity index (χ1v) is 9.60. The zero-order valence-corrected chi connectivity index (χ0v) is 17.1. The van der Waals surface area contributed by atoms with Gasteiger partial charge in [-0.3, -0.25) is 4.79 Å². The maximum atomic E-state index is 12.9. The second-order valence-corrected chi connectivity index (χ2v) is 6.74. The number of anilines is 1. The standard InChI is InChI=1S/C21H21BrN2O3/c1-4-26-19-12-15(18(22)13-20(19)27-5-2)11-17-14(3)23-24(21(17)25)16-9-7-6-8-10-16/h6-13H,4-5H2,1-3H3/b17-11+. The molecule has 140 valence electrons. The molecule has 5 nitrogen and oxygen atoms in total. The van der Waals surface area contributed by atoms with Crippen LogP contribution in [0.5, 0.6) is 11.5 Å². The molecule has 0 atom stereocenters. The number of ether oxygens (including phenoxy) is 2. The predicted molar refractivity (Wildman–Crippen MR) is 111 cm³/mol. The SMILES string of the molecule is CCOc1cc(Br)c(/C=C2/C(=O)N(c3ccccc3)N=C2C)cc1OCC. The average Bonchev–Trinajstić information content (AvgIpc) is 2.94. The minimum atomic E-state index is -0.155. The summed E-state index contributed by atoms with van der Waals surface area (Å²) in [4.78, 5) is 12.9. The van der Waals surface area contributed by atoms with Crippen LogP contribution in [0, 0.1) is 0 Å². The molecule has 0 unspecified atom stereocenters. The van der Waals surface area contributed by atoms with E-state index in [1.807, 2.05) is 69.3 Å². The van der Waals surface area contributed by atoms with E-state index in [-0.39, 0.29) is 5.91 Å². The zero-order valence-electron chi connectivity index (χ0n) is 15.5. The largest absolute Gasteiger partial charge is 0.490 e. The molecule has 27 heavy (non-hydrogen) atoms. The molecule has 6 heteroatoms. The molecule has 2 aromatic rings. The van der Waals surface area contributed by atoms with Crippen LogP contribution in [0.1, 0.15) is 26.3 Å². The summed E-state index contributed by atoms with van der Waals surface area (Å²) in [5.41, 5.74) is 2.79. The van der Waals surface area contributed by atoms with Crippen LogP contribution in [0.3, 0.4) is 0 Å². The Kier molecular flexibility index (Phi) is 5.96. The van der Waals surface area contributed by atoms with Crippen molar-refractivity contribution in [1.82, 2.24) is 0 Å². The molecule has 3 rings (SSSR count). The lowest BCUT2D eigenvalue weighted by Gasteiger charge is -2.13. The molecular weight excluding hydrogens is 408 g/mol. The van der Waals surface area contributed by atoms with Crippen LogP contribution in [0.2, 0.25) is 0 Å². The Morgan fingerprint density at radius 3 is 2.33 bits per heavy atom. The van der Waals surface area contributed by atoms with Gasteiger partial charge in [0.05, 0.1) is 30.2 Å². The highest BCUT2D eigenvalue weighted by Crippen LogP contribution is 2.36. The Morgan fingerprint density at radius 1 is 1.07 bits per heavy atom. The van der Waals surface area contributed by atoms with Crippen molar-refractivity contribution >= 4 is 39.3 Å². The summed E-state index contributed by atoms with van der Waals surface area (Å²) in [7, 11) is 0. The number of carbonyl (C=O) groups excluding carboxylic acids is 1. The third-order valence-corrected chi connectivity index (χ3v) is 4.71. The molecule has 0 radical (unpaired) electrons. The fourth-order valence-electron chi connectivity index (χ4n) is 2.78. The third-order valence-electron chi connectivity index (χ3n) is 4.03. The van der Waals surface area contributed by atoms with Crippen LogP contribution in [-0.4, -0.2) is 24.8 Å². The van der Waals surface area contributed by atoms with Crippen molar-refractivity contribution in [2.75, 3.05) is 18.2 Å². The highest BCUT2D eigenvalue weighted by molar-refractivity contribution is 9.10. The van der Waals surface area contributed by atoms with Gasteiger partial charge in [-0.2, -0.15) is 10.1 Å². The molecule has 1 aliphatic rings. The van der Waals surface area contributed by atoms with E-state index < -0.39 is 0 Å². The third kappa shape index (κ3) is 4.06. The minimum Gasteiger partial charge on any atom is -0.490 e. The average molecular weight is 429 g/mol. The highest BCUT2D eigenvalue weighted by atomic mass is 79.9. The summed E-state index contributed by atoms with van der Waals surface area (Å²) in [6, 6.07) is 13.1. The quantitative estimate of drug-likeness (QED) is 0.604. The van der Waals surface area contributed by atoms with Gasteiger partial charge in [0.1, 0.15) is 0 Å². The summed E-state index contributed by atoms with van der Waals surface area (Å²) in [5, 5.41) is 5.84. The first-order valence-electron chi connectivity index (χ1n) is 8.81. The van der Waals surface area contributed by atoms with Crippen LogP contribution in [0.25, 0.3) is 6.08 Å². The van der Waals surface area contributed by atoms with E-state index >= 15 is 0 Å². The Balaban J connectivity index is 1.98. The zero-order chi connectivity index (χ0) is 19.4. The van der Waals surface area contributed by atoms with Crippen molar-refractivity contribution in [1.29, 1.82) is 0 Å². The lowest BCUT2D eigenvalue weighted by molar-refractivity contribution is -0.114. The number of halogens is 1. The summed E-state index contributed by atoms with van der Waals surface area (Å²) in [6.45, 7) is 6.75. The molecule has 0 saturated carbocycles. The Morgan fingerprint density at radius 2 is 1.70 bits per heavy atom. The molecule has 0 saturated heterocycles. The van der Waals surface area contributed by atoms with E-state index in [4.69, 9.17) is 9.47 Å². The molecule has 2 aromatic carbocycles. The van der Waals surface area contributed by atoms with Gasteiger partial charge in [-0.05, 0) is 56.7 Å². The summed E-state index contributed by atoms with van der Waals surface area (Å²) in [6.07, 6.45) is 1.83. The molecular formula is C21H21BrN2O3. The van der Waals surface area contributed by atoms with Crippen LogP contribution in [-0.2, 0) is 4.79 Å². The number of para-hydroxylation sites is 1. The predicted octanol–water partition coefficient (Wildman–Crippen LogP) is 5.05. The monoisotopic (exact) mass is 428 g/mol. The van der Waals surface area contributed by atoms with Gasteiger partial charge in [0.2, 0.25) is 0 Å². The minimum absolute atomic E-state index is 0.155. The summed E-state index contributed by atoms with van der Waals surface area (Å²) < 4.78 is 12.2. The molecule has 0 spiro atoms. The Labute approximate surface area is 167 Å². The molecule has 1 amide bonds. The first kappa shape index (κ1) is 19.2. The Bertz CT molecular complexity index is 907. The highest BCUT2D eigenvalue weighted by Gasteiger charge is 2.28. The molecule has 0 aliphatic carbocycles. The fraction of sp³-hybridized carbons (Fsp3) is 0.238. The van der Waals surface area contributed by atoms with E-state index in [0.29, 0.717) is 36.0 Å². The smallest absolute Gasteiger partial charge is 0.280 e. The van der Waals surface area contributed by atoms with Crippen molar-refractivity contribution < 1.29 is 14.3 Å². The van der Waals surface area contributed by atoms with Gasteiger partial charge in [0, 0.05) is 4.47 Å². The Hall–Kier alpha value is -2.60. The van der Waals surface area contributed by atoms with E-state index in [1.54, 1.807) is 0 Å². The van der Waals surface area contributed by atoms with Gasteiger partial charge in [-0.1, -0.05) is 34.1 Å². The molecule has 0 fully saturated rings. The van der Waals surface area contributed by atoms with E-state index in [2.05, 4.69) is 21.0 Å². The van der Waals surface area contributed by atoms with Gasteiger partial charge in [0.25, 0.3) is 5.91 Å². The second-order valence-electron chi connectivity index (χ2n) is 5.88. The normalized spacial score (nSPS) is 15.3. The molecule has 1 heterocycles. The van der Waals surface area contributed by atoms with Crippen molar-refractivity contribution in [2.45, 2.75) is 20.8 Å². The molecule has 1 aliphatic heterocycles. The first-order chi connectivity index (χ1) is 13.0. The number of rotatable bonds is 6. The number of hydrogen-bond donors (Lipinski definition) is 0. The van der Waals surface area contributed by atoms with E-state index in [1.165, 1.54) is 5.01 Å². The van der Waals surface area contributed by atoms with Gasteiger partial charge in [0.15, 0.2) is 11.5 Å². The second kappa shape index (κ2) is 8.39. The van der Waals surface area contributed by atoms with Crippen LogP contribution in [0.15, 0.2) is 57.6 Å². The number of hydrogen-bond acceptors (Lipinski definition) is 4. The van der Waals surface area contributed by atoms with Crippen LogP contribution < -0.4 is 14.5 Å². The van der Waals surface area contributed by atoms with E-state index in [0.717, 1.165) is 15.7 Å².